The molecule has 0 bridgehead atoms. The Morgan fingerprint density at radius 1 is 1.39 bits per heavy atom. The molecule has 1 aliphatic heterocycles. The number of hydrogen-bond donors (Lipinski definition) is 0. The van der Waals surface area contributed by atoms with Crippen molar-refractivity contribution in [3.8, 4) is 5.75 Å². The van der Waals surface area contributed by atoms with Gasteiger partial charge in [0.2, 0.25) is 0 Å². The predicted molar refractivity (Wildman–Crippen MR) is 55.7 cm³/mol. The number of nitrogens with zero attached hydrogens (tertiary/aromatic N) is 1. The van der Waals surface area contributed by atoms with E-state index in [2.05, 4.69) is 0 Å². The van der Waals surface area contributed by atoms with E-state index in [1.165, 1.54) is 25.3 Å². The minimum atomic E-state index is -5.00. The fourth-order valence-corrected chi connectivity index (χ4v) is 1.75. The highest BCUT2D eigenvalue weighted by atomic mass is 19.4. The van der Waals surface area contributed by atoms with Crippen LogP contribution in [0.4, 0.5) is 18.9 Å². The molecule has 0 radical (unpaired) electrons. The zero-order valence-corrected chi connectivity index (χ0v) is 9.25. The number of methoxy groups -OCH3 is 1. The molecule has 0 unspecified atom stereocenters. The number of ketones is 1. The quantitative estimate of drug-likeness (QED) is 0.772. The maximum atomic E-state index is 12.3. The molecule has 96 valence electrons. The lowest BCUT2D eigenvalue weighted by molar-refractivity contribution is -0.170. The lowest BCUT2D eigenvalue weighted by Gasteiger charge is -2.17. The number of hydrogen-bond acceptors (Lipinski definition) is 3. The molecule has 7 heteroatoms. The lowest BCUT2D eigenvalue weighted by atomic mass is 10.1. The molecule has 1 aliphatic rings. The monoisotopic (exact) mass is 259 g/mol. The lowest BCUT2D eigenvalue weighted by Crippen LogP contribution is -2.40. The standard InChI is InChI=1S/C11H8F3NO3/c1-18-6-2-3-8-7(4-6)9(16)5-15(8)10(17)11(12,13)14/h2-4H,5H2,1H3. The van der Waals surface area contributed by atoms with Crippen LogP contribution >= 0.6 is 0 Å². The Kier molecular flexibility index (Phi) is 2.76. The van der Waals surface area contributed by atoms with Crippen molar-refractivity contribution in [2.45, 2.75) is 6.18 Å². The summed E-state index contributed by atoms with van der Waals surface area (Å²) >= 11 is 0. The Hall–Kier alpha value is -2.05. The predicted octanol–water partition coefficient (Wildman–Crippen LogP) is 1.79. The minimum absolute atomic E-state index is 0.0388. The number of Topliss-reactive ketones (excluding diaryl/α,β-unsaturated/α-hetero) is 1. The zero-order chi connectivity index (χ0) is 13.5. The van der Waals surface area contributed by atoms with E-state index in [-0.39, 0.29) is 11.3 Å². The summed E-state index contributed by atoms with van der Waals surface area (Å²) in [5.41, 5.74) is 0.0232. The van der Waals surface area contributed by atoms with Gasteiger partial charge >= 0.3 is 12.1 Å². The number of ether oxygens (including phenoxy) is 1. The van der Waals surface area contributed by atoms with Gasteiger partial charge in [0.25, 0.3) is 0 Å². The highest BCUT2D eigenvalue weighted by Crippen LogP contribution is 2.34. The van der Waals surface area contributed by atoms with Gasteiger partial charge in [0.15, 0.2) is 5.78 Å². The van der Waals surface area contributed by atoms with Crippen LogP contribution in [-0.4, -0.2) is 31.5 Å². The normalized spacial score (nSPS) is 14.7. The van der Waals surface area contributed by atoms with Gasteiger partial charge in [-0.1, -0.05) is 0 Å². The van der Waals surface area contributed by atoms with Crippen molar-refractivity contribution in [2.75, 3.05) is 18.6 Å². The molecule has 0 aliphatic carbocycles. The van der Waals surface area contributed by atoms with Gasteiger partial charge in [0.1, 0.15) is 5.75 Å². The van der Waals surface area contributed by atoms with Gasteiger partial charge in [-0.15, -0.1) is 0 Å². The molecular formula is C11H8F3NO3. The zero-order valence-electron chi connectivity index (χ0n) is 9.25. The van der Waals surface area contributed by atoms with Gasteiger partial charge in [-0.3, -0.25) is 14.5 Å². The number of alkyl halides is 3. The average molecular weight is 259 g/mol. The number of halogens is 3. The van der Waals surface area contributed by atoms with E-state index in [0.29, 0.717) is 10.6 Å². The number of carbonyl (C=O) groups excluding carboxylic acids is 2. The summed E-state index contributed by atoms with van der Waals surface area (Å²) < 4.78 is 41.9. The van der Waals surface area contributed by atoms with E-state index < -0.39 is 24.4 Å². The highest BCUT2D eigenvalue weighted by molar-refractivity contribution is 6.16. The van der Waals surface area contributed by atoms with Crippen LogP contribution in [0.1, 0.15) is 10.4 Å². The molecule has 2 rings (SSSR count). The first kappa shape index (κ1) is 12.4. The van der Waals surface area contributed by atoms with Crippen LogP contribution in [0.15, 0.2) is 18.2 Å². The van der Waals surface area contributed by atoms with Crippen LogP contribution in [0.3, 0.4) is 0 Å². The molecule has 0 fully saturated rings. The smallest absolute Gasteiger partial charge is 0.471 e. The van der Waals surface area contributed by atoms with Crippen LogP contribution in [0.5, 0.6) is 5.75 Å². The summed E-state index contributed by atoms with van der Waals surface area (Å²) in [7, 11) is 1.37. The molecule has 18 heavy (non-hydrogen) atoms. The molecule has 0 atom stereocenters. The molecule has 0 saturated carbocycles. The summed E-state index contributed by atoms with van der Waals surface area (Å²) in [4.78, 5) is 23.1. The summed E-state index contributed by atoms with van der Waals surface area (Å²) in [6.07, 6.45) is -5.00. The van der Waals surface area contributed by atoms with Gasteiger partial charge in [0.05, 0.1) is 19.3 Å². The van der Waals surface area contributed by atoms with Crippen LogP contribution in [-0.2, 0) is 4.79 Å². The molecule has 1 aromatic rings. The Labute approximate surface area is 99.9 Å². The van der Waals surface area contributed by atoms with E-state index >= 15 is 0 Å². The molecule has 0 spiro atoms. The van der Waals surface area contributed by atoms with Crippen molar-refractivity contribution >= 4 is 17.4 Å². The molecule has 4 nitrogen and oxygen atoms in total. The Morgan fingerprint density at radius 3 is 2.61 bits per heavy atom. The van der Waals surface area contributed by atoms with Crippen molar-refractivity contribution < 1.29 is 27.5 Å². The summed E-state index contributed by atoms with van der Waals surface area (Å²) in [6, 6.07) is 3.98. The number of amides is 1. The summed E-state index contributed by atoms with van der Waals surface area (Å²) in [5, 5.41) is 0. The van der Waals surface area contributed by atoms with Crippen molar-refractivity contribution in [1.82, 2.24) is 0 Å². The molecule has 0 aromatic heterocycles. The number of benzene rings is 1. The van der Waals surface area contributed by atoms with Gasteiger partial charge in [0, 0.05) is 5.56 Å². The van der Waals surface area contributed by atoms with Crippen molar-refractivity contribution in [3.05, 3.63) is 23.8 Å². The van der Waals surface area contributed by atoms with Crippen LogP contribution < -0.4 is 9.64 Å². The minimum Gasteiger partial charge on any atom is -0.497 e. The third kappa shape index (κ3) is 1.92. The Balaban J connectivity index is 2.43. The van der Waals surface area contributed by atoms with E-state index in [9.17, 15) is 22.8 Å². The van der Waals surface area contributed by atoms with Crippen molar-refractivity contribution in [2.24, 2.45) is 0 Å². The topological polar surface area (TPSA) is 46.6 Å². The van der Waals surface area contributed by atoms with Gasteiger partial charge in [-0.05, 0) is 18.2 Å². The second kappa shape index (κ2) is 4.01. The molecule has 0 saturated heterocycles. The number of anilines is 1. The second-order valence-electron chi connectivity index (χ2n) is 3.70. The molecule has 1 amide bonds. The molecule has 1 heterocycles. The highest BCUT2D eigenvalue weighted by Gasteiger charge is 2.46. The maximum Gasteiger partial charge on any atom is 0.471 e. The molecule has 0 N–H and O–H groups in total. The average Bonchev–Trinajstić information content (AvgIpc) is 2.64. The largest absolute Gasteiger partial charge is 0.497 e. The number of fused-ring (bicyclic) bond motifs is 1. The maximum absolute atomic E-state index is 12.3. The fraction of sp³-hybridized carbons (Fsp3) is 0.273. The molecule has 1 aromatic carbocycles. The first-order valence-corrected chi connectivity index (χ1v) is 4.94. The van der Waals surface area contributed by atoms with Gasteiger partial charge < -0.3 is 4.74 Å². The summed E-state index contributed by atoms with van der Waals surface area (Å²) in [5.74, 6) is -2.23. The number of carbonyl (C=O) groups is 2. The Morgan fingerprint density at radius 2 is 2.06 bits per heavy atom. The SMILES string of the molecule is COc1ccc2c(c1)C(=O)CN2C(=O)C(F)(F)F. The van der Waals surface area contributed by atoms with E-state index in [1.807, 2.05) is 0 Å². The number of rotatable bonds is 1. The van der Waals surface area contributed by atoms with Crippen molar-refractivity contribution in [1.29, 1.82) is 0 Å². The first-order chi connectivity index (χ1) is 8.34. The van der Waals surface area contributed by atoms with Crippen LogP contribution in [0.2, 0.25) is 0 Å². The third-order valence-electron chi connectivity index (χ3n) is 2.58. The Bertz CT molecular complexity index is 525. The third-order valence-corrected chi connectivity index (χ3v) is 2.58. The fourth-order valence-electron chi connectivity index (χ4n) is 1.75. The van der Waals surface area contributed by atoms with E-state index in [1.54, 1.807) is 0 Å². The van der Waals surface area contributed by atoms with E-state index in [0.717, 1.165) is 0 Å². The van der Waals surface area contributed by atoms with Crippen LogP contribution in [0, 0.1) is 0 Å². The van der Waals surface area contributed by atoms with Gasteiger partial charge in [-0.2, -0.15) is 13.2 Å². The second-order valence-corrected chi connectivity index (χ2v) is 3.70. The first-order valence-electron chi connectivity index (χ1n) is 4.94. The summed E-state index contributed by atoms with van der Waals surface area (Å²) in [6.45, 7) is -0.596. The molecular weight excluding hydrogens is 251 g/mol. The van der Waals surface area contributed by atoms with Crippen molar-refractivity contribution in [3.63, 3.8) is 0 Å². The van der Waals surface area contributed by atoms with Crippen LogP contribution in [0.25, 0.3) is 0 Å². The van der Waals surface area contributed by atoms with Gasteiger partial charge in [-0.25, -0.2) is 0 Å². The van der Waals surface area contributed by atoms with E-state index in [4.69, 9.17) is 4.74 Å².